The molecular formula is C6H14N2O. The molecule has 0 saturated carbocycles. The van der Waals surface area contributed by atoms with E-state index in [1.54, 1.807) is 0 Å². The molecule has 54 valence electrons. The molecule has 0 radical (unpaired) electrons. The summed E-state index contributed by atoms with van der Waals surface area (Å²) in [4.78, 5) is 0. The van der Waals surface area contributed by atoms with Crippen LogP contribution in [0.1, 0.15) is 6.92 Å². The van der Waals surface area contributed by atoms with Gasteiger partial charge in [0.2, 0.25) is 0 Å². The van der Waals surface area contributed by atoms with Crippen LogP contribution < -0.4 is 10.6 Å². The third-order valence-electron chi connectivity index (χ3n) is 1.80. The lowest BCUT2D eigenvalue weighted by Crippen LogP contribution is -2.56. The topological polar surface area (TPSA) is 44.3 Å². The van der Waals surface area contributed by atoms with Crippen LogP contribution in [0.2, 0.25) is 0 Å². The highest BCUT2D eigenvalue weighted by Gasteiger charge is 2.17. The first-order valence-corrected chi connectivity index (χ1v) is 3.42. The molecule has 9 heavy (non-hydrogen) atoms. The molecule has 0 aromatic carbocycles. The molecule has 0 bridgehead atoms. The second kappa shape index (κ2) is 3.15. The average Bonchev–Trinajstić information content (AvgIpc) is 1.89. The summed E-state index contributed by atoms with van der Waals surface area (Å²) in [6, 6.07) is 0.655. The summed E-state index contributed by atoms with van der Waals surface area (Å²) in [5.74, 6) is 0. The van der Waals surface area contributed by atoms with Crippen LogP contribution in [0.5, 0.6) is 0 Å². The maximum atomic E-state index is 8.76. The van der Waals surface area contributed by atoms with Gasteiger partial charge in [-0.2, -0.15) is 0 Å². The molecule has 0 amide bonds. The van der Waals surface area contributed by atoms with Gasteiger partial charge in [-0.05, 0) is 6.92 Å². The van der Waals surface area contributed by atoms with E-state index in [2.05, 4.69) is 17.6 Å². The third-order valence-corrected chi connectivity index (χ3v) is 1.80. The van der Waals surface area contributed by atoms with Crippen LogP contribution in [0.3, 0.4) is 0 Å². The lowest BCUT2D eigenvalue weighted by atomic mass is 10.1. The Morgan fingerprint density at radius 3 is 2.56 bits per heavy atom. The van der Waals surface area contributed by atoms with Crippen molar-refractivity contribution in [3.8, 4) is 0 Å². The Morgan fingerprint density at radius 2 is 2.11 bits per heavy atom. The fraction of sp³-hybridized carbons (Fsp3) is 1.00. The van der Waals surface area contributed by atoms with Crippen LogP contribution in [0.25, 0.3) is 0 Å². The van der Waals surface area contributed by atoms with Crippen LogP contribution in [0.4, 0.5) is 0 Å². The quantitative estimate of drug-likeness (QED) is 0.423. The van der Waals surface area contributed by atoms with Gasteiger partial charge in [0.05, 0.1) is 6.61 Å². The van der Waals surface area contributed by atoms with E-state index < -0.39 is 0 Å². The van der Waals surface area contributed by atoms with Gasteiger partial charge in [-0.15, -0.1) is 0 Å². The van der Waals surface area contributed by atoms with E-state index in [0.717, 1.165) is 13.1 Å². The van der Waals surface area contributed by atoms with Gasteiger partial charge in [0.1, 0.15) is 0 Å². The maximum absolute atomic E-state index is 8.76. The predicted octanol–water partition coefficient (Wildman–Crippen LogP) is -1.07. The fourth-order valence-corrected chi connectivity index (χ4v) is 1.10. The van der Waals surface area contributed by atoms with Crippen molar-refractivity contribution < 1.29 is 5.11 Å². The predicted molar refractivity (Wildman–Crippen MR) is 36.3 cm³/mol. The van der Waals surface area contributed by atoms with Crippen LogP contribution in [0, 0.1) is 0 Å². The van der Waals surface area contributed by atoms with Crippen molar-refractivity contribution >= 4 is 0 Å². The van der Waals surface area contributed by atoms with E-state index in [0.29, 0.717) is 6.04 Å². The SMILES string of the molecule is C[C@@H]1NCCN[C@H]1CO. The van der Waals surface area contributed by atoms with E-state index in [1.165, 1.54) is 0 Å². The minimum atomic E-state index is 0.230. The number of nitrogens with one attached hydrogen (secondary N) is 2. The second-order valence-corrected chi connectivity index (χ2v) is 2.49. The lowest BCUT2D eigenvalue weighted by molar-refractivity contribution is 0.199. The molecule has 1 aliphatic heterocycles. The average molecular weight is 130 g/mol. The highest BCUT2D eigenvalue weighted by atomic mass is 16.3. The molecule has 0 unspecified atom stereocenters. The number of hydrogen-bond donors (Lipinski definition) is 3. The molecule has 1 rings (SSSR count). The fourth-order valence-electron chi connectivity index (χ4n) is 1.10. The van der Waals surface area contributed by atoms with Crippen molar-refractivity contribution in [2.24, 2.45) is 0 Å². The van der Waals surface area contributed by atoms with E-state index in [4.69, 9.17) is 5.11 Å². The number of rotatable bonds is 1. The first-order valence-electron chi connectivity index (χ1n) is 3.42. The summed E-state index contributed by atoms with van der Waals surface area (Å²) in [5, 5.41) is 15.2. The van der Waals surface area contributed by atoms with Gasteiger partial charge in [0, 0.05) is 25.2 Å². The van der Waals surface area contributed by atoms with Gasteiger partial charge in [-0.3, -0.25) is 0 Å². The summed E-state index contributed by atoms with van der Waals surface area (Å²) >= 11 is 0. The van der Waals surface area contributed by atoms with Gasteiger partial charge < -0.3 is 15.7 Å². The minimum Gasteiger partial charge on any atom is -0.395 e. The monoisotopic (exact) mass is 130 g/mol. The molecule has 1 heterocycles. The lowest BCUT2D eigenvalue weighted by Gasteiger charge is -2.29. The molecular weight excluding hydrogens is 116 g/mol. The molecule has 2 atom stereocenters. The zero-order chi connectivity index (χ0) is 6.69. The van der Waals surface area contributed by atoms with Crippen LogP contribution >= 0.6 is 0 Å². The Hall–Kier alpha value is -0.120. The van der Waals surface area contributed by atoms with Gasteiger partial charge in [-0.25, -0.2) is 0 Å². The summed E-state index contributed by atoms with van der Waals surface area (Å²) in [6.45, 7) is 4.29. The Kier molecular flexibility index (Phi) is 2.45. The number of aliphatic hydroxyl groups excluding tert-OH is 1. The Morgan fingerprint density at radius 1 is 1.44 bits per heavy atom. The molecule has 0 aromatic rings. The minimum absolute atomic E-state index is 0.230. The molecule has 0 spiro atoms. The highest BCUT2D eigenvalue weighted by Crippen LogP contribution is 1.94. The first-order chi connectivity index (χ1) is 4.34. The van der Waals surface area contributed by atoms with Crippen molar-refractivity contribution in [3.63, 3.8) is 0 Å². The number of aliphatic hydroxyl groups is 1. The van der Waals surface area contributed by atoms with Crippen molar-refractivity contribution in [1.29, 1.82) is 0 Å². The Balaban J connectivity index is 2.30. The Bertz CT molecular complexity index is 87.1. The van der Waals surface area contributed by atoms with Gasteiger partial charge in [0.25, 0.3) is 0 Å². The largest absolute Gasteiger partial charge is 0.395 e. The van der Waals surface area contributed by atoms with Crippen LogP contribution in [-0.2, 0) is 0 Å². The number of piperazine rings is 1. The normalized spacial score (nSPS) is 36.7. The highest BCUT2D eigenvalue weighted by molar-refractivity contribution is 4.82. The van der Waals surface area contributed by atoms with Crippen LogP contribution in [-0.4, -0.2) is 36.9 Å². The van der Waals surface area contributed by atoms with Crippen molar-refractivity contribution in [2.75, 3.05) is 19.7 Å². The zero-order valence-electron chi connectivity index (χ0n) is 5.72. The second-order valence-electron chi connectivity index (χ2n) is 2.49. The van der Waals surface area contributed by atoms with E-state index >= 15 is 0 Å². The first kappa shape index (κ1) is 6.99. The molecule has 1 fully saturated rings. The Labute approximate surface area is 55.5 Å². The molecule has 3 heteroatoms. The van der Waals surface area contributed by atoms with Gasteiger partial charge >= 0.3 is 0 Å². The molecule has 0 aliphatic carbocycles. The van der Waals surface area contributed by atoms with Crippen molar-refractivity contribution in [1.82, 2.24) is 10.6 Å². The molecule has 1 aliphatic rings. The molecule has 0 aromatic heterocycles. The van der Waals surface area contributed by atoms with E-state index in [1.807, 2.05) is 0 Å². The molecule has 3 N–H and O–H groups in total. The van der Waals surface area contributed by atoms with E-state index in [9.17, 15) is 0 Å². The zero-order valence-corrected chi connectivity index (χ0v) is 5.72. The van der Waals surface area contributed by atoms with Gasteiger partial charge in [0.15, 0.2) is 0 Å². The summed E-state index contributed by atoms with van der Waals surface area (Å²) in [5.41, 5.74) is 0. The van der Waals surface area contributed by atoms with Crippen molar-refractivity contribution in [3.05, 3.63) is 0 Å². The smallest absolute Gasteiger partial charge is 0.0599 e. The number of hydrogen-bond acceptors (Lipinski definition) is 3. The summed E-state index contributed by atoms with van der Waals surface area (Å²) in [7, 11) is 0. The summed E-state index contributed by atoms with van der Waals surface area (Å²) < 4.78 is 0. The summed E-state index contributed by atoms with van der Waals surface area (Å²) in [6.07, 6.45) is 0. The van der Waals surface area contributed by atoms with Crippen molar-refractivity contribution in [2.45, 2.75) is 19.0 Å². The van der Waals surface area contributed by atoms with Gasteiger partial charge in [-0.1, -0.05) is 0 Å². The van der Waals surface area contributed by atoms with E-state index in [-0.39, 0.29) is 12.6 Å². The molecule has 3 nitrogen and oxygen atoms in total. The standard InChI is InChI=1S/C6H14N2O/c1-5-6(4-9)8-3-2-7-5/h5-9H,2-4H2,1H3/t5-,6-/m0/s1. The molecule has 1 saturated heterocycles. The maximum Gasteiger partial charge on any atom is 0.0599 e. The van der Waals surface area contributed by atoms with Crippen LogP contribution in [0.15, 0.2) is 0 Å². The third kappa shape index (κ3) is 1.64.